The minimum atomic E-state index is -0.267. The third kappa shape index (κ3) is 3.97. The molecule has 1 saturated heterocycles. The highest BCUT2D eigenvalue weighted by molar-refractivity contribution is 5.89. The summed E-state index contributed by atoms with van der Waals surface area (Å²) < 4.78 is 10.6. The third-order valence-electron chi connectivity index (χ3n) is 3.59. The summed E-state index contributed by atoms with van der Waals surface area (Å²) in [5.74, 6) is -0.267. The Kier molecular flexibility index (Phi) is 5.41. The molecule has 2 rings (SSSR count). The highest BCUT2D eigenvalue weighted by Crippen LogP contribution is 2.21. The quantitative estimate of drug-likeness (QED) is 0.839. The third-order valence-corrected chi connectivity index (χ3v) is 3.59. The summed E-state index contributed by atoms with van der Waals surface area (Å²) >= 11 is 0. The predicted octanol–water partition coefficient (Wildman–Crippen LogP) is 3.23. The molecule has 2 atom stereocenters. The van der Waals surface area contributed by atoms with Gasteiger partial charge in [0.1, 0.15) is 0 Å². The monoisotopic (exact) mass is 277 g/mol. The normalized spacial score (nSPS) is 22.3. The summed E-state index contributed by atoms with van der Waals surface area (Å²) in [5, 5.41) is 3.51. The van der Waals surface area contributed by atoms with E-state index in [1.807, 2.05) is 19.1 Å². The Morgan fingerprint density at radius 1 is 1.35 bits per heavy atom. The molecule has 1 aliphatic rings. The van der Waals surface area contributed by atoms with E-state index in [1.54, 1.807) is 12.1 Å². The number of hydrogen-bond donors (Lipinski definition) is 1. The van der Waals surface area contributed by atoms with Crippen LogP contribution < -0.4 is 5.32 Å². The molecule has 1 N–H and O–H groups in total. The average Bonchev–Trinajstić information content (AvgIpc) is 2.48. The van der Waals surface area contributed by atoms with Crippen molar-refractivity contribution in [2.45, 2.75) is 45.3 Å². The topological polar surface area (TPSA) is 47.6 Å². The molecular weight excluding hydrogens is 254 g/mol. The van der Waals surface area contributed by atoms with Gasteiger partial charge in [-0.3, -0.25) is 0 Å². The van der Waals surface area contributed by atoms with Crippen LogP contribution in [-0.4, -0.2) is 31.3 Å². The lowest BCUT2D eigenvalue weighted by atomic mass is 10.0. The van der Waals surface area contributed by atoms with Crippen LogP contribution in [-0.2, 0) is 9.47 Å². The van der Waals surface area contributed by atoms with Crippen LogP contribution in [0.4, 0.5) is 5.69 Å². The molecule has 1 aromatic rings. The van der Waals surface area contributed by atoms with Gasteiger partial charge in [-0.25, -0.2) is 4.79 Å². The number of carbonyl (C=O) groups is 1. The van der Waals surface area contributed by atoms with Crippen molar-refractivity contribution in [2.24, 2.45) is 0 Å². The second kappa shape index (κ2) is 7.29. The van der Waals surface area contributed by atoms with Gasteiger partial charge in [-0.2, -0.15) is 0 Å². The molecule has 20 heavy (non-hydrogen) atoms. The molecule has 0 aromatic heterocycles. The molecular formula is C16H23NO3. The maximum absolute atomic E-state index is 11.6. The van der Waals surface area contributed by atoms with E-state index in [0.29, 0.717) is 24.3 Å². The van der Waals surface area contributed by atoms with Crippen LogP contribution in [0, 0.1) is 0 Å². The minimum Gasteiger partial charge on any atom is -0.462 e. The fraction of sp³-hybridized carbons (Fsp3) is 0.562. The molecule has 0 amide bonds. The van der Waals surface area contributed by atoms with Crippen LogP contribution in [0.1, 0.15) is 43.5 Å². The van der Waals surface area contributed by atoms with Gasteiger partial charge in [-0.1, -0.05) is 6.92 Å². The first-order valence-corrected chi connectivity index (χ1v) is 7.38. The van der Waals surface area contributed by atoms with Gasteiger partial charge in [0.05, 0.1) is 18.3 Å². The van der Waals surface area contributed by atoms with E-state index in [-0.39, 0.29) is 5.97 Å². The fourth-order valence-electron chi connectivity index (χ4n) is 2.45. The largest absolute Gasteiger partial charge is 0.462 e. The van der Waals surface area contributed by atoms with Crippen molar-refractivity contribution in [1.82, 2.24) is 0 Å². The highest BCUT2D eigenvalue weighted by Gasteiger charge is 2.21. The molecule has 1 aromatic carbocycles. The van der Waals surface area contributed by atoms with Crippen LogP contribution in [0.25, 0.3) is 0 Å². The molecule has 0 spiro atoms. The molecule has 110 valence electrons. The Morgan fingerprint density at radius 2 is 2.10 bits per heavy atom. The van der Waals surface area contributed by atoms with Gasteiger partial charge in [-0.15, -0.1) is 0 Å². The van der Waals surface area contributed by atoms with E-state index in [4.69, 9.17) is 9.47 Å². The first-order chi connectivity index (χ1) is 9.72. The zero-order chi connectivity index (χ0) is 14.4. The summed E-state index contributed by atoms with van der Waals surface area (Å²) in [7, 11) is 0. The second-order valence-corrected chi connectivity index (χ2v) is 5.06. The van der Waals surface area contributed by atoms with Crippen molar-refractivity contribution in [3.05, 3.63) is 29.8 Å². The SMILES string of the molecule is CCOC(=O)c1ccc(NC2CCOC(CC)C2)cc1. The number of rotatable bonds is 5. The van der Waals surface area contributed by atoms with Crippen molar-refractivity contribution in [3.8, 4) is 0 Å². The lowest BCUT2D eigenvalue weighted by Crippen LogP contribution is -2.33. The lowest BCUT2D eigenvalue weighted by Gasteiger charge is -2.30. The van der Waals surface area contributed by atoms with E-state index in [0.717, 1.165) is 31.6 Å². The molecule has 4 nitrogen and oxygen atoms in total. The molecule has 4 heteroatoms. The highest BCUT2D eigenvalue weighted by atomic mass is 16.5. The Bertz CT molecular complexity index is 430. The van der Waals surface area contributed by atoms with Gasteiger partial charge in [0, 0.05) is 18.3 Å². The number of ether oxygens (including phenoxy) is 2. The van der Waals surface area contributed by atoms with Gasteiger partial charge in [0.2, 0.25) is 0 Å². The van der Waals surface area contributed by atoms with Crippen molar-refractivity contribution in [3.63, 3.8) is 0 Å². The summed E-state index contributed by atoms with van der Waals surface area (Å²) in [6.45, 7) is 5.18. The summed E-state index contributed by atoms with van der Waals surface area (Å²) in [4.78, 5) is 11.6. The molecule has 1 fully saturated rings. The van der Waals surface area contributed by atoms with E-state index < -0.39 is 0 Å². The molecule has 0 bridgehead atoms. The second-order valence-electron chi connectivity index (χ2n) is 5.06. The van der Waals surface area contributed by atoms with Crippen LogP contribution >= 0.6 is 0 Å². The predicted molar refractivity (Wildman–Crippen MR) is 79.1 cm³/mol. The number of hydrogen-bond acceptors (Lipinski definition) is 4. The van der Waals surface area contributed by atoms with E-state index in [9.17, 15) is 4.79 Å². The number of nitrogens with one attached hydrogen (secondary N) is 1. The molecule has 1 heterocycles. The molecule has 1 aliphatic heterocycles. The Balaban J connectivity index is 1.91. The molecule has 0 aliphatic carbocycles. The van der Waals surface area contributed by atoms with Gasteiger partial charge >= 0.3 is 5.97 Å². The Labute approximate surface area is 120 Å². The zero-order valence-corrected chi connectivity index (χ0v) is 12.2. The maximum atomic E-state index is 11.6. The van der Waals surface area contributed by atoms with Gasteiger partial charge < -0.3 is 14.8 Å². The Morgan fingerprint density at radius 3 is 2.75 bits per heavy atom. The van der Waals surface area contributed by atoms with Gasteiger partial charge in [0.25, 0.3) is 0 Å². The van der Waals surface area contributed by atoms with Gasteiger partial charge in [-0.05, 0) is 50.5 Å². The summed E-state index contributed by atoms with van der Waals surface area (Å²) in [6, 6.07) is 7.92. The number of anilines is 1. The van der Waals surface area contributed by atoms with Crippen molar-refractivity contribution in [1.29, 1.82) is 0 Å². The Hall–Kier alpha value is -1.55. The smallest absolute Gasteiger partial charge is 0.338 e. The van der Waals surface area contributed by atoms with Crippen LogP contribution in [0.3, 0.4) is 0 Å². The standard InChI is InChI=1S/C16H23NO3/c1-3-15-11-14(9-10-20-15)17-13-7-5-12(6-8-13)16(18)19-4-2/h5-8,14-15,17H,3-4,9-11H2,1-2H3. The van der Waals surface area contributed by atoms with Crippen molar-refractivity contribution >= 4 is 11.7 Å². The first kappa shape index (κ1) is 14.9. The van der Waals surface area contributed by atoms with Crippen molar-refractivity contribution < 1.29 is 14.3 Å². The molecule has 0 radical (unpaired) electrons. The van der Waals surface area contributed by atoms with E-state index in [1.165, 1.54) is 0 Å². The van der Waals surface area contributed by atoms with E-state index >= 15 is 0 Å². The average molecular weight is 277 g/mol. The maximum Gasteiger partial charge on any atom is 0.338 e. The fourth-order valence-corrected chi connectivity index (χ4v) is 2.45. The van der Waals surface area contributed by atoms with E-state index in [2.05, 4.69) is 12.2 Å². The van der Waals surface area contributed by atoms with Gasteiger partial charge in [0.15, 0.2) is 0 Å². The summed E-state index contributed by atoms with van der Waals surface area (Å²) in [6.07, 6.45) is 3.48. The first-order valence-electron chi connectivity index (χ1n) is 7.38. The zero-order valence-electron chi connectivity index (χ0n) is 12.2. The lowest BCUT2D eigenvalue weighted by molar-refractivity contribution is 0.00925. The minimum absolute atomic E-state index is 0.267. The van der Waals surface area contributed by atoms with Crippen molar-refractivity contribution in [2.75, 3.05) is 18.5 Å². The van der Waals surface area contributed by atoms with Crippen LogP contribution in [0.15, 0.2) is 24.3 Å². The van der Waals surface area contributed by atoms with Crippen LogP contribution in [0.2, 0.25) is 0 Å². The molecule has 2 unspecified atom stereocenters. The molecule has 0 saturated carbocycles. The van der Waals surface area contributed by atoms with Crippen LogP contribution in [0.5, 0.6) is 0 Å². The number of benzene rings is 1. The summed E-state index contributed by atoms with van der Waals surface area (Å²) in [5.41, 5.74) is 1.63. The number of esters is 1. The number of carbonyl (C=O) groups excluding carboxylic acids is 1.